The molecule has 0 aliphatic carbocycles. The van der Waals surface area contributed by atoms with E-state index in [1.165, 1.54) is 11.0 Å². The molecule has 4 rings (SSSR count). The van der Waals surface area contributed by atoms with Crippen LogP contribution in [0.3, 0.4) is 0 Å². The fourth-order valence-corrected chi connectivity index (χ4v) is 5.22. The zero-order chi connectivity index (χ0) is 19.1. The number of nitrogens with zero attached hydrogens (tertiary/aromatic N) is 3. The average molecular weight is 401 g/mol. The molecule has 1 amide bonds. The zero-order valence-corrected chi connectivity index (χ0v) is 15.9. The third-order valence-electron chi connectivity index (χ3n) is 4.61. The number of ether oxygens (including phenoxy) is 1. The highest BCUT2D eigenvalue weighted by molar-refractivity contribution is 7.99. The second kappa shape index (κ2) is 6.82. The van der Waals surface area contributed by atoms with Gasteiger partial charge in [0, 0.05) is 17.9 Å². The van der Waals surface area contributed by atoms with Gasteiger partial charge in [-0.2, -0.15) is 0 Å². The van der Waals surface area contributed by atoms with Gasteiger partial charge in [0.15, 0.2) is 5.11 Å². The molecule has 0 N–H and O–H groups in total. The molecule has 0 spiro atoms. The molecule has 2 aliphatic heterocycles. The van der Waals surface area contributed by atoms with Crippen LogP contribution in [0, 0.1) is 10.1 Å². The van der Waals surface area contributed by atoms with Crippen molar-refractivity contribution in [2.24, 2.45) is 0 Å². The minimum atomic E-state index is -0.419. The molecule has 2 aromatic carbocycles. The standard InChI is InChI=1S/C18H15N3O4S2/c1-25-14-7-5-12(6-8-14)19-16(22)15-10-27-17(20(15)18(19)26)11-3-2-4-13(9-11)21(23)24/h2-9,15,17H,10H2,1H3/t15-,17?/m0/s1. The number of amides is 1. The zero-order valence-electron chi connectivity index (χ0n) is 14.3. The number of carbonyl (C=O) groups excluding carboxylic acids is 1. The van der Waals surface area contributed by atoms with Gasteiger partial charge in [-0.3, -0.25) is 19.8 Å². The summed E-state index contributed by atoms with van der Waals surface area (Å²) in [6, 6.07) is 13.3. The molecule has 0 saturated carbocycles. The number of benzene rings is 2. The first-order valence-corrected chi connectivity index (χ1v) is 9.63. The third-order valence-corrected chi connectivity index (χ3v) is 6.33. The second-order valence-electron chi connectivity index (χ2n) is 6.12. The van der Waals surface area contributed by atoms with E-state index in [1.807, 2.05) is 11.0 Å². The Labute approximate surface area is 165 Å². The van der Waals surface area contributed by atoms with Crippen LogP contribution < -0.4 is 9.64 Å². The Bertz CT molecular complexity index is 934. The minimum absolute atomic E-state index is 0.0278. The molecule has 1 unspecified atom stereocenters. The van der Waals surface area contributed by atoms with E-state index in [4.69, 9.17) is 17.0 Å². The largest absolute Gasteiger partial charge is 0.497 e. The fraction of sp³-hybridized carbons (Fsp3) is 0.222. The van der Waals surface area contributed by atoms with Crippen LogP contribution in [0.1, 0.15) is 10.9 Å². The van der Waals surface area contributed by atoms with Gasteiger partial charge in [-0.1, -0.05) is 12.1 Å². The molecule has 2 aromatic rings. The van der Waals surface area contributed by atoms with Crippen LogP contribution in [0.25, 0.3) is 0 Å². The Hall–Kier alpha value is -2.65. The van der Waals surface area contributed by atoms with Crippen molar-refractivity contribution in [3.8, 4) is 5.75 Å². The van der Waals surface area contributed by atoms with E-state index in [2.05, 4.69) is 0 Å². The van der Waals surface area contributed by atoms with Crippen LogP contribution in [0.2, 0.25) is 0 Å². The number of thiocarbonyl (C=S) groups is 1. The Morgan fingerprint density at radius 2 is 2.00 bits per heavy atom. The van der Waals surface area contributed by atoms with E-state index >= 15 is 0 Å². The quantitative estimate of drug-likeness (QED) is 0.442. The average Bonchev–Trinajstić information content (AvgIpc) is 3.22. The van der Waals surface area contributed by atoms with Crippen molar-refractivity contribution in [1.29, 1.82) is 0 Å². The maximum atomic E-state index is 12.9. The Morgan fingerprint density at radius 1 is 1.26 bits per heavy atom. The van der Waals surface area contributed by atoms with E-state index in [0.29, 0.717) is 22.3 Å². The summed E-state index contributed by atoms with van der Waals surface area (Å²) in [5.41, 5.74) is 1.48. The predicted molar refractivity (Wildman–Crippen MR) is 107 cm³/mol. The summed E-state index contributed by atoms with van der Waals surface area (Å²) in [5, 5.41) is 11.3. The van der Waals surface area contributed by atoms with Gasteiger partial charge >= 0.3 is 0 Å². The van der Waals surface area contributed by atoms with Crippen molar-refractivity contribution in [2.75, 3.05) is 17.8 Å². The molecule has 2 atom stereocenters. The van der Waals surface area contributed by atoms with Crippen molar-refractivity contribution >= 4 is 46.4 Å². The summed E-state index contributed by atoms with van der Waals surface area (Å²) >= 11 is 7.18. The van der Waals surface area contributed by atoms with Gasteiger partial charge < -0.3 is 9.64 Å². The fourth-order valence-electron chi connectivity index (χ4n) is 3.31. The predicted octanol–water partition coefficient (Wildman–Crippen LogP) is 3.35. The number of nitro benzene ring substituents is 1. The van der Waals surface area contributed by atoms with Crippen LogP contribution in [-0.2, 0) is 4.79 Å². The summed E-state index contributed by atoms with van der Waals surface area (Å²) in [7, 11) is 1.58. The van der Waals surface area contributed by atoms with Crippen LogP contribution in [0.5, 0.6) is 5.75 Å². The van der Waals surface area contributed by atoms with Crippen molar-refractivity contribution in [1.82, 2.24) is 4.90 Å². The number of fused-ring (bicyclic) bond motifs is 1. The van der Waals surface area contributed by atoms with Crippen LogP contribution in [0.15, 0.2) is 48.5 Å². The van der Waals surface area contributed by atoms with Gasteiger partial charge in [0.05, 0.1) is 17.7 Å². The van der Waals surface area contributed by atoms with Gasteiger partial charge in [-0.15, -0.1) is 11.8 Å². The molecule has 138 valence electrons. The number of nitro groups is 1. The Kier molecular flexibility index (Phi) is 4.48. The molecule has 2 aliphatic rings. The lowest BCUT2D eigenvalue weighted by Crippen LogP contribution is -2.33. The maximum absolute atomic E-state index is 12.9. The molecule has 27 heavy (non-hydrogen) atoms. The topological polar surface area (TPSA) is 75.9 Å². The molecule has 0 radical (unpaired) electrons. The second-order valence-corrected chi connectivity index (χ2v) is 7.59. The molecular formula is C18H15N3O4S2. The van der Waals surface area contributed by atoms with E-state index in [9.17, 15) is 14.9 Å². The number of hydrogen-bond acceptors (Lipinski definition) is 6. The molecule has 0 bridgehead atoms. The van der Waals surface area contributed by atoms with Gasteiger partial charge in [0.2, 0.25) is 0 Å². The van der Waals surface area contributed by atoms with Crippen LogP contribution >= 0.6 is 24.0 Å². The third kappa shape index (κ3) is 2.92. The summed E-state index contributed by atoms with van der Waals surface area (Å²) in [4.78, 5) is 27.0. The van der Waals surface area contributed by atoms with E-state index in [1.54, 1.807) is 55.3 Å². The lowest BCUT2D eigenvalue weighted by atomic mass is 10.1. The van der Waals surface area contributed by atoms with Crippen LogP contribution in [-0.4, -0.2) is 39.7 Å². The number of thioether (sulfide) groups is 1. The first kappa shape index (κ1) is 17.7. The SMILES string of the molecule is COc1ccc(N2C(=O)[C@@H]3CSC(c4cccc([N+](=O)[O-])c4)N3C2=S)cc1. The maximum Gasteiger partial charge on any atom is 0.269 e. The number of methoxy groups -OCH3 is 1. The number of anilines is 1. The molecule has 2 heterocycles. The Morgan fingerprint density at radius 3 is 2.67 bits per heavy atom. The molecule has 7 nitrogen and oxygen atoms in total. The van der Waals surface area contributed by atoms with Crippen molar-refractivity contribution in [2.45, 2.75) is 11.4 Å². The minimum Gasteiger partial charge on any atom is -0.497 e. The van der Waals surface area contributed by atoms with Crippen molar-refractivity contribution in [3.63, 3.8) is 0 Å². The molecule has 2 saturated heterocycles. The van der Waals surface area contributed by atoms with Crippen LogP contribution in [0.4, 0.5) is 11.4 Å². The van der Waals surface area contributed by atoms with Gasteiger partial charge in [0.1, 0.15) is 17.2 Å². The number of rotatable bonds is 4. The van der Waals surface area contributed by atoms with E-state index < -0.39 is 4.92 Å². The number of hydrogen-bond donors (Lipinski definition) is 0. The smallest absolute Gasteiger partial charge is 0.269 e. The lowest BCUT2D eigenvalue weighted by molar-refractivity contribution is -0.384. The monoisotopic (exact) mass is 401 g/mol. The Balaban J connectivity index is 1.66. The normalized spacial score (nSPS) is 21.5. The molecular weight excluding hydrogens is 386 g/mol. The summed E-state index contributed by atoms with van der Waals surface area (Å²) < 4.78 is 5.16. The summed E-state index contributed by atoms with van der Waals surface area (Å²) in [6.45, 7) is 0. The number of carbonyl (C=O) groups is 1. The van der Waals surface area contributed by atoms with Crippen molar-refractivity contribution in [3.05, 3.63) is 64.2 Å². The highest BCUT2D eigenvalue weighted by atomic mass is 32.2. The summed E-state index contributed by atoms with van der Waals surface area (Å²) in [5.74, 6) is 1.20. The van der Waals surface area contributed by atoms with Gasteiger partial charge in [0.25, 0.3) is 11.6 Å². The first-order valence-electron chi connectivity index (χ1n) is 8.17. The highest BCUT2D eigenvalue weighted by Crippen LogP contribution is 2.46. The van der Waals surface area contributed by atoms with E-state index in [0.717, 1.165) is 5.56 Å². The molecule has 9 heteroatoms. The lowest BCUT2D eigenvalue weighted by Gasteiger charge is -2.25. The van der Waals surface area contributed by atoms with E-state index in [-0.39, 0.29) is 23.0 Å². The van der Waals surface area contributed by atoms with Gasteiger partial charge in [-0.25, -0.2) is 0 Å². The first-order chi connectivity index (χ1) is 13.0. The van der Waals surface area contributed by atoms with Gasteiger partial charge in [-0.05, 0) is 42.0 Å². The molecule has 2 fully saturated rings. The number of non-ortho nitro benzene ring substituents is 1. The van der Waals surface area contributed by atoms with Crippen molar-refractivity contribution < 1.29 is 14.5 Å². The highest BCUT2D eigenvalue weighted by Gasteiger charge is 2.51. The molecule has 0 aromatic heterocycles. The summed E-state index contributed by atoms with van der Waals surface area (Å²) in [6.07, 6.45) is 0.